The van der Waals surface area contributed by atoms with Crippen LogP contribution in [0.5, 0.6) is 0 Å². The van der Waals surface area contributed by atoms with Crippen LogP contribution < -0.4 is 5.32 Å². The quantitative estimate of drug-likeness (QED) is 0.641. The van der Waals surface area contributed by atoms with E-state index in [1.54, 1.807) is 5.32 Å². The molecule has 0 aliphatic carbocycles. The maximum absolute atomic E-state index is 10.6. The summed E-state index contributed by atoms with van der Waals surface area (Å²) >= 11 is 0. The first-order chi connectivity index (χ1) is 5.56. The number of carbonyl (C=O) groups excluding carboxylic acids is 2. The van der Waals surface area contributed by atoms with Crippen molar-refractivity contribution in [2.24, 2.45) is 0 Å². The van der Waals surface area contributed by atoms with E-state index in [1.165, 1.54) is 0 Å². The van der Waals surface area contributed by atoms with Crippen molar-refractivity contribution < 1.29 is 19.5 Å². The molecule has 0 heterocycles. The molecule has 0 aromatic heterocycles. The Kier molecular flexibility index (Phi) is 4.67. The Balaban J connectivity index is 3.57. The highest BCUT2D eigenvalue weighted by molar-refractivity contribution is 5.93. The fourth-order valence-corrected chi connectivity index (χ4v) is 0.560. The molecule has 0 spiro atoms. The van der Waals surface area contributed by atoms with Crippen molar-refractivity contribution in [3.8, 4) is 0 Å². The van der Waals surface area contributed by atoms with Gasteiger partial charge >= 0.3 is 6.09 Å². The molecule has 0 aliphatic rings. The third-order valence-corrected chi connectivity index (χ3v) is 1.16. The third kappa shape index (κ3) is 5.40. The molecule has 0 aromatic rings. The SMILES string of the molecule is [CH2]CC(=O)CCC(=O)NC(=O)O. The van der Waals surface area contributed by atoms with Crippen LogP contribution in [-0.4, -0.2) is 22.9 Å². The predicted molar refractivity (Wildman–Crippen MR) is 40.4 cm³/mol. The lowest BCUT2D eigenvalue weighted by atomic mass is 10.2. The largest absolute Gasteiger partial charge is 0.465 e. The number of hydrogen-bond donors (Lipinski definition) is 2. The highest BCUT2D eigenvalue weighted by Gasteiger charge is 2.07. The van der Waals surface area contributed by atoms with Crippen LogP contribution >= 0.6 is 0 Å². The van der Waals surface area contributed by atoms with Crippen molar-refractivity contribution in [3.63, 3.8) is 0 Å². The Morgan fingerprint density at radius 1 is 1.25 bits per heavy atom. The first kappa shape index (κ1) is 10.6. The molecule has 2 amide bonds. The second kappa shape index (κ2) is 5.29. The molecule has 12 heavy (non-hydrogen) atoms. The van der Waals surface area contributed by atoms with Crippen LogP contribution in [0.15, 0.2) is 0 Å². The number of hydrogen-bond acceptors (Lipinski definition) is 3. The number of carboxylic acid groups (broad SMARTS) is 1. The Hall–Kier alpha value is -1.39. The highest BCUT2D eigenvalue weighted by Crippen LogP contribution is 1.93. The summed E-state index contributed by atoms with van der Waals surface area (Å²) in [4.78, 5) is 31.1. The van der Waals surface area contributed by atoms with Crippen LogP contribution in [0.3, 0.4) is 0 Å². The molecule has 67 valence electrons. The van der Waals surface area contributed by atoms with E-state index in [9.17, 15) is 14.4 Å². The predicted octanol–water partition coefficient (Wildman–Crippen LogP) is 0.354. The lowest BCUT2D eigenvalue weighted by molar-refractivity contribution is -0.124. The van der Waals surface area contributed by atoms with Gasteiger partial charge in [-0.2, -0.15) is 0 Å². The fraction of sp³-hybridized carbons (Fsp3) is 0.429. The van der Waals surface area contributed by atoms with Gasteiger partial charge < -0.3 is 5.11 Å². The molecule has 5 heteroatoms. The number of Topliss-reactive ketones (excluding diaryl/α,β-unsaturated/α-hetero) is 1. The zero-order valence-corrected chi connectivity index (χ0v) is 6.50. The van der Waals surface area contributed by atoms with E-state index in [4.69, 9.17) is 5.11 Å². The van der Waals surface area contributed by atoms with Gasteiger partial charge in [0.15, 0.2) is 0 Å². The first-order valence-corrected chi connectivity index (χ1v) is 3.40. The van der Waals surface area contributed by atoms with Crippen molar-refractivity contribution in [2.45, 2.75) is 19.3 Å². The summed E-state index contributed by atoms with van der Waals surface area (Å²) in [6.07, 6.45) is -1.33. The van der Waals surface area contributed by atoms with Crippen LogP contribution in [-0.2, 0) is 9.59 Å². The normalized spacial score (nSPS) is 9.08. The minimum absolute atomic E-state index is 0.0443. The van der Waals surface area contributed by atoms with E-state index < -0.39 is 12.0 Å². The molecule has 0 aliphatic heterocycles. The topological polar surface area (TPSA) is 83.5 Å². The summed E-state index contributed by atoms with van der Waals surface area (Å²) < 4.78 is 0. The van der Waals surface area contributed by atoms with Crippen LogP contribution in [0.2, 0.25) is 0 Å². The number of nitrogens with one attached hydrogen (secondary N) is 1. The molecule has 1 radical (unpaired) electrons. The second-order valence-electron chi connectivity index (χ2n) is 2.14. The van der Waals surface area contributed by atoms with Crippen LogP contribution in [0.4, 0.5) is 4.79 Å². The molecule has 0 saturated heterocycles. The molecule has 0 atom stereocenters. The van der Waals surface area contributed by atoms with E-state index in [2.05, 4.69) is 6.92 Å². The molecule has 5 nitrogen and oxygen atoms in total. The Labute approximate surface area is 69.8 Å². The van der Waals surface area contributed by atoms with Gasteiger partial charge in [0.1, 0.15) is 5.78 Å². The van der Waals surface area contributed by atoms with Gasteiger partial charge in [-0.1, -0.05) is 0 Å². The van der Waals surface area contributed by atoms with Crippen LogP contribution in [0.25, 0.3) is 0 Å². The fourth-order valence-electron chi connectivity index (χ4n) is 0.560. The Morgan fingerprint density at radius 2 is 1.83 bits per heavy atom. The van der Waals surface area contributed by atoms with Gasteiger partial charge in [0.25, 0.3) is 0 Å². The van der Waals surface area contributed by atoms with E-state index in [0.717, 1.165) is 0 Å². The monoisotopic (exact) mass is 172 g/mol. The average Bonchev–Trinajstić information content (AvgIpc) is 1.99. The summed E-state index contributed by atoms with van der Waals surface area (Å²) in [6, 6.07) is 0. The van der Waals surface area contributed by atoms with Crippen molar-refractivity contribution in [3.05, 3.63) is 6.92 Å². The van der Waals surface area contributed by atoms with Gasteiger partial charge in [-0.25, -0.2) is 4.79 Å². The summed E-state index contributed by atoms with van der Waals surface area (Å²) in [5.41, 5.74) is 0. The van der Waals surface area contributed by atoms with Gasteiger partial charge in [0, 0.05) is 19.3 Å². The zero-order chi connectivity index (χ0) is 9.56. The van der Waals surface area contributed by atoms with Crippen molar-refractivity contribution in [1.29, 1.82) is 0 Å². The number of amides is 2. The summed E-state index contributed by atoms with van der Waals surface area (Å²) in [7, 11) is 0. The van der Waals surface area contributed by atoms with E-state index in [1.807, 2.05) is 0 Å². The number of imide groups is 1. The third-order valence-electron chi connectivity index (χ3n) is 1.16. The first-order valence-electron chi connectivity index (χ1n) is 3.40. The molecular formula is C7H10NO4. The van der Waals surface area contributed by atoms with Gasteiger partial charge in [-0.05, 0) is 6.92 Å². The van der Waals surface area contributed by atoms with Gasteiger partial charge in [-0.15, -0.1) is 0 Å². The van der Waals surface area contributed by atoms with Gasteiger partial charge in [0.2, 0.25) is 5.91 Å². The molecular weight excluding hydrogens is 162 g/mol. The van der Waals surface area contributed by atoms with E-state index in [-0.39, 0.29) is 25.0 Å². The van der Waals surface area contributed by atoms with E-state index >= 15 is 0 Å². The second-order valence-corrected chi connectivity index (χ2v) is 2.14. The standard InChI is InChI=1S/C7H10NO4/c1-2-5(9)3-4-6(10)8-7(11)12/h1-4H2,(H,8,10)(H,11,12). The minimum Gasteiger partial charge on any atom is -0.465 e. The van der Waals surface area contributed by atoms with Gasteiger partial charge in [-0.3, -0.25) is 14.9 Å². The number of rotatable bonds is 4. The molecule has 0 fully saturated rings. The van der Waals surface area contributed by atoms with Crippen molar-refractivity contribution in [2.75, 3.05) is 0 Å². The molecule has 0 unspecified atom stereocenters. The van der Waals surface area contributed by atoms with E-state index in [0.29, 0.717) is 0 Å². The molecule has 0 saturated carbocycles. The lowest BCUT2D eigenvalue weighted by Crippen LogP contribution is -2.28. The average molecular weight is 172 g/mol. The molecule has 0 rings (SSSR count). The molecule has 0 aromatic carbocycles. The Morgan fingerprint density at radius 3 is 2.25 bits per heavy atom. The highest BCUT2D eigenvalue weighted by atomic mass is 16.4. The number of ketones is 1. The maximum atomic E-state index is 10.6. The minimum atomic E-state index is -1.40. The van der Waals surface area contributed by atoms with Gasteiger partial charge in [0.05, 0.1) is 0 Å². The summed E-state index contributed by atoms with van der Waals surface area (Å²) in [5.74, 6) is -0.820. The van der Waals surface area contributed by atoms with Crippen molar-refractivity contribution in [1.82, 2.24) is 5.32 Å². The van der Waals surface area contributed by atoms with Crippen LogP contribution in [0, 0.1) is 6.92 Å². The Bertz CT molecular complexity index is 200. The summed E-state index contributed by atoms with van der Waals surface area (Å²) in [6.45, 7) is 3.33. The van der Waals surface area contributed by atoms with Crippen LogP contribution in [0.1, 0.15) is 19.3 Å². The number of carbonyl (C=O) groups is 3. The lowest BCUT2D eigenvalue weighted by Gasteiger charge is -1.97. The zero-order valence-electron chi connectivity index (χ0n) is 6.50. The maximum Gasteiger partial charge on any atom is 0.411 e. The van der Waals surface area contributed by atoms with Crippen molar-refractivity contribution >= 4 is 17.8 Å². The molecule has 2 N–H and O–H groups in total. The summed E-state index contributed by atoms with van der Waals surface area (Å²) in [5, 5.41) is 9.70. The smallest absolute Gasteiger partial charge is 0.411 e. The molecule has 0 bridgehead atoms.